The molecule has 23 heavy (non-hydrogen) atoms. The number of aromatic hydroxyl groups is 2. The second-order valence-electron chi connectivity index (χ2n) is 5.04. The van der Waals surface area contributed by atoms with Crippen LogP contribution in [0.3, 0.4) is 0 Å². The van der Waals surface area contributed by atoms with Crippen molar-refractivity contribution in [3.8, 4) is 28.6 Å². The zero-order chi connectivity index (χ0) is 16.4. The first-order valence-electron chi connectivity index (χ1n) is 7.03. The van der Waals surface area contributed by atoms with Crippen molar-refractivity contribution >= 4 is 17.0 Å². The van der Waals surface area contributed by atoms with Crippen molar-refractivity contribution in [1.29, 1.82) is 0 Å². The number of hydrogen-bond donors (Lipinski definition) is 3. The summed E-state index contributed by atoms with van der Waals surface area (Å²) in [6, 6.07) is 10.1. The maximum atomic E-state index is 10.1. The molecule has 0 amide bonds. The van der Waals surface area contributed by atoms with Gasteiger partial charge in [0.05, 0.1) is 13.7 Å². The molecule has 1 aromatic heterocycles. The Labute approximate surface area is 132 Å². The minimum Gasteiger partial charge on any atom is -0.504 e. The Kier molecular flexibility index (Phi) is 3.95. The molecule has 3 aromatic rings. The van der Waals surface area contributed by atoms with E-state index in [-0.39, 0.29) is 18.1 Å². The van der Waals surface area contributed by atoms with Crippen LogP contribution in [0.5, 0.6) is 17.2 Å². The van der Waals surface area contributed by atoms with Gasteiger partial charge in [0.25, 0.3) is 0 Å². The molecule has 0 aliphatic rings. The van der Waals surface area contributed by atoms with E-state index in [9.17, 15) is 10.2 Å². The van der Waals surface area contributed by atoms with Crippen LogP contribution in [0, 0.1) is 0 Å². The third kappa shape index (κ3) is 2.86. The van der Waals surface area contributed by atoms with Crippen LogP contribution in [0.2, 0.25) is 0 Å². The quantitative estimate of drug-likeness (QED) is 0.686. The lowest BCUT2D eigenvalue weighted by atomic mass is 10.1. The van der Waals surface area contributed by atoms with Crippen LogP contribution in [0.15, 0.2) is 46.9 Å². The fourth-order valence-corrected chi connectivity index (χ4v) is 2.42. The van der Waals surface area contributed by atoms with E-state index in [0.717, 1.165) is 16.5 Å². The van der Waals surface area contributed by atoms with Crippen LogP contribution >= 0.6 is 0 Å². The van der Waals surface area contributed by atoms with E-state index in [4.69, 9.17) is 14.3 Å². The number of aliphatic hydroxyl groups excluding tert-OH is 1. The van der Waals surface area contributed by atoms with Gasteiger partial charge < -0.3 is 24.5 Å². The van der Waals surface area contributed by atoms with Crippen molar-refractivity contribution in [2.24, 2.45) is 0 Å². The van der Waals surface area contributed by atoms with Crippen LogP contribution < -0.4 is 4.74 Å². The zero-order valence-electron chi connectivity index (χ0n) is 12.5. The average molecular weight is 312 g/mol. The molecule has 5 nitrogen and oxygen atoms in total. The summed E-state index contributed by atoms with van der Waals surface area (Å²) < 4.78 is 10.8. The second-order valence-corrected chi connectivity index (χ2v) is 5.04. The topological polar surface area (TPSA) is 83.1 Å². The fraction of sp³-hybridized carbons (Fsp3) is 0.111. The molecule has 0 aliphatic carbocycles. The van der Waals surface area contributed by atoms with E-state index in [0.29, 0.717) is 17.1 Å². The number of fused-ring (bicyclic) bond motifs is 1. The lowest BCUT2D eigenvalue weighted by molar-refractivity contribution is 0.343. The Hall–Kier alpha value is -2.92. The van der Waals surface area contributed by atoms with Crippen molar-refractivity contribution in [3.63, 3.8) is 0 Å². The SMILES string of the molecule is COc1cc(-c2cc3cc(C=CCO)cc(O)c3o2)ccc1O. The van der Waals surface area contributed by atoms with Crippen LogP contribution in [0.25, 0.3) is 28.4 Å². The van der Waals surface area contributed by atoms with Gasteiger partial charge in [-0.1, -0.05) is 12.2 Å². The smallest absolute Gasteiger partial charge is 0.176 e. The molecule has 5 heteroatoms. The molecule has 0 unspecified atom stereocenters. The monoisotopic (exact) mass is 312 g/mol. The van der Waals surface area contributed by atoms with Gasteiger partial charge in [-0.05, 0) is 42.0 Å². The molecule has 0 bridgehead atoms. The molecule has 0 aliphatic heterocycles. The second kappa shape index (κ2) is 6.06. The predicted octanol–water partition coefficient (Wildman–Crippen LogP) is 3.53. The molecule has 0 fully saturated rings. The van der Waals surface area contributed by atoms with Gasteiger partial charge in [0.1, 0.15) is 5.76 Å². The third-order valence-electron chi connectivity index (χ3n) is 3.50. The molecule has 2 aromatic carbocycles. The minimum absolute atomic E-state index is 0.0251. The average Bonchev–Trinajstić information content (AvgIpc) is 2.98. The molecule has 0 saturated heterocycles. The molecule has 118 valence electrons. The van der Waals surface area contributed by atoms with Gasteiger partial charge in [0.2, 0.25) is 0 Å². The number of phenols is 2. The first-order valence-corrected chi connectivity index (χ1v) is 7.03. The largest absolute Gasteiger partial charge is 0.504 e. The lowest BCUT2D eigenvalue weighted by Gasteiger charge is -2.04. The van der Waals surface area contributed by atoms with E-state index in [1.807, 2.05) is 6.07 Å². The molecule has 0 spiro atoms. The van der Waals surface area contributed by atoms with Crippen molar-refractivity contribution in [1.82, 2.24) is 0 Å². The van der Waals surface area contributed by atoms with Gasteiger partial charge in [-0.25, -0.2) is 0 Å². The maximum absolute atomic E-state index is 10.1. The molecule has 0 atom stereocenters. The van der Waals surface area contributed by atoms with Gasteiger partial charge in [0, 0.05) is 10.9 Å². The standard InChI is InChI=1S/C18H16O5/c1-22-17-9-12(4-5-14(17)20)16-10-13-7-11(3-2-6-19)8-15(21)18(13)23-16/h2-5,7-10,19-21H,6H2,1H3. The van der Waals surface area contributed by atoms with Gasteiger partial charge in [-0.15, -0.1) is 0 Å². The molecular weight excluding hydrogens is 296 g/mol. The molecule has 0 saturated carbocycles. The number of furan rings is 1. The highest BCUT2D eigenvalue weighted by Crippen LogP contribution is 2.37. The number of ether oxygens (including phenoxy) is 1. The Morgan fingerprint density at radius 2 is 1.91 bits per heavy atom. The van der Waals surface area contributed by atoms with E-state index in [1.54, 1.807) is 36.4 Å². The number of methoxy groups -OCH3 is 1. The number of aliphatic hydroxyl groups is 1. The fourth-order valence-electron chi connectivity index (χ4n) is 2.42. The summed E-state index contributed by atoms with van der Waals surface area (Å²) in [4.78, 5) is 0. The molecule has 3 rings (SSSR count). The highest BCUT2D eigenvalue weighted by atomic mass is 16.5. The van der Waals surface area contributed by atoms with Crippen molar-refractivity contribution in [3.05, 3.63) is 48.0 Å². The maximum Gasteiger partial charge on any atom is 0.176 e. The molecule has 3 N–H and O–H groups in total. The summed E-state index contributed by atoms with van der Waals surface area (Å²) in [6.45, 7) is -0.0667. The number of benzene rings is 2. The van der Waals surface area contributed by atoms with Crippen LogP contribution in [0.4, 0.5) is 0 Å². The number of phenolic OH excluding ortho intramolecular Hbond substituents is 2. The Morgan fingerprint density at radius 1 is 1.09 bits per heavy atom. The van der Waals surface area contributed by atoms with E-state index in [1.165, 1.54) is 13.2 Å². The summed E-state index contributed by atoms with van der Waals surface area (Å²) in [7, 11) is 1.48. The summed E-state index contributed by atoms with van der Waals surface area (Å²) in [5.41, 5.74) is 1.87. The third-order valence-corrected chi connectivity index (χ3v) is 3.50. The Balaban J connectivity index is 2.09. The van der Waals surface area contributed by atoms with Crippen LogP contribution in [-0.4, -0.2) is 29.0 Å². The van der Waals surface area contributed by atoms with E-state index < -0.39 is 0 Å². The van der Waals surface area contributed by atoms with E-state index in [2.05, 4.69) is 0 Å². The van der Waals surface area contributed by atoms with Crippen molar-refractivity contribution in [2.75, 3.05) is 13.7 Å². The summed E-state index contributed by atoms with van der Waals surface area (Å²) in [5, 5.41) is 29.3. The molecule has 0 radical (unpaired) electrons. The van der Waals surface area contributed by atoms with Gasteiger partial charge in [-0.3, -0.25) is 0 Å². The van der Waals surface area contributed by atoms with Gasteiger partial charge in [-0.2, -0.15) is 0 Å². The van der Waals surface area contributed by atoms with Crippen molar-refractivity contribution in [2.45, 2.75) is 0 Å². The zero-order valence-corrected chi connectivity index (χ0v) is 12.5. The highest BCUT2D eigenvalue weighted by Gasteiger charge is 2.12. The Morgan fingerprint density at radius 3 is 2.65 bits per heavy atom. The molecular formula is C18H16O5. The first-order chi connectivity index (χ1) is 11.1. The van der Waals surface area contributed by atoms with Crippen LogP contribution in [0.1, 0.15) is 5.56 Å². The predicted molar refractivity (Wildman–Crippen MR) is 87.7 cm³/mol. The van der Waals surface area contributed by atoms with Crippen molar-refractivity contribution < 1.29 is 24.5 Å². The number of hydrogen-bond acceptors (Lipinski definition) is 5. The van der Waals surface area contributed by atoms with Crippen LogP contribution in [-0.2, 0) is 0 Å². The molecule has 1 heterocycles. The highest BCUT2D eigenvalue weighted by molar-refractivity contribution is 5.89. The van der Waals surface area contributed by atoms with E-state index >= 15 is 0 Å². The number of rotatable bonds is 4. The lowest BCUT2D eigenvalue weighted by Crippen LogP contribution is -1.84. The first kappa shape index (κ1) is 15.0. The minimum atomic E-state index is -0.0667. The summed E-state index contributed by atoms with van der Waals surface area (Å²) in [6.07, 6.45) is 3.31. The van der Waals surface area contributed by atoms with Gasteiger partial charge >= 0.3 is 0 Å². The Bertz CT molecular complexity index is 876. The normalized spacial score (nSPS) is 11.4. The summed E-state index contributed by atoms with van der Waals surface area (Å²) >= 11 is 0. The van der Waals surface area contributed by atoms with Gasteiger partial charge in [0.15, 0.2) is 22.8 Å². The summed E-state index contributed by atoms with van der Waals surface area (Å²) in [5.74, 6) is 0.972.